The topological polar surface area (TPSA) is 55.5 Å². The van der Waals surface area contributed by atoms with Crippen molar-refractivity contribution in [2.45, 2.75) is 24.8 Å². The standard InChI is InChI=1S/C18H19F4NO2/c19-16-9-13(8-15(10-16)18(20,21)22)11-25-12-17(24,6-7-23)14-4-2-1-3-5-14/h1-5,8-10,24H,6-7,11-12,23H2. The molecule has 0 saturated heterocycles. The molecule has 3 nitrogen and oxygen atoms in total. The SMILES string of the molecule is NCCC(O)(COCc1cc(F)cc(C(F)(F)F)c1)c1ccccc1. The lowest BCUT2D eigenvalue weighted by molar-refractivity contribution is -0.137. The Morgan fingerprint density at radius 2 is 1.68 bits per heavy atom. The molecular weight excluding hydrogens is 338 g/mol. The Morgan fingerprint density at radius 1 is 1.00 bits per heavy atom. The second-order valence-electron chi connectivity index (χ2n) is 5.77. The monoisotopic (exact) mass is 357 g/mol. The van der Waals surface area contributed by atoms with E-state index in [-0.39, 0.29) is 31.7 Å². The molecule has 0 amide bonds. The van der Waals surface area contributed by atoms with Crippen molar-refractivity contribution in [3.05, 3.63) is 71.0 Å². The number of hydrogen-bond donors (Lipinski definition) is 2. The van der Waals surface area contributed by atoms with Gasteiger partial charge < -0.3 is 15.6 Å². The molecule has 0 bridgehead atoms. The first-order valence-corrected chi connectivity index (χ1v) is 7.67. The lowest BCUT2D eigenvalue weighted by Gasteiger charge is -2.28. The van der Waals surface area contributed by atoms with Gasteiger partial charge in [-0.15, -0.1) is 0 Å². The zero-order chi connectivity index (χ0) is 18.5. The minimum Gasteiger partial charge on any atom is -0.383 e. The summed E-state index contributed by atoms with van der Waals surface area (Å²) in [5.41, 5.74) is 3.72. The smallest absolute Gasteiger partial charge is 0.383 e. The minimum absolute atomic E-state index is 0.0375. The van der Waals surface area contributed by atoms with Gasteiger partial charge in [0.15, 0.2) is 0 Å². The summed E-state index contributed by atoms with van der Waals surface area (Å²) in [5.74, 6) is -0.992. The van der Waals surface area contributed by atoms with E-state index < -0.39 is 23.2 Å². The summed E-state index contributed by atoms with van der Waals surface area (Å²) < 4.78 is 56.9. The van der Waals surface area contributed by atoms with Crippen LogP contribution < -0.4 is 5.73 Å². The van der Waals surface area contributed by atoms with Crippen molar-refractivity contribution in [1.29, 1.82) is 0 Å². The summed E-state index contributed by atoms with van der Waals surface area (Å²) in [6.07, 6.45) is -4.42. The molecule has 0 spiro atoms. The highest BCUT2D eigenvalue weighted by molar-refractivity contribution is 5.26. The van der Waals surface area contributed by atoms with Gasteiger partial charge in [0.05, 0.1) is 18.8 Å². The molecule has 0 aromatic heterocycles. The third-order valence-corrected chi connectivity index (χ3v) is 3.76. The molecule has 1 unspecified atom stereocenters. The molecule has 0 aliphatic heterocycles. The van der Waals surface area contributed by atoms with E-state index >= 15 is 0 Å². The van der Waals surface area contributed by atoms with Crippen molar-refractivity contribution >= 4 is 0 Å². The molecule has 25 heavy (non-hydrogen) atoms. The Morgan fingerprint density at radius 3 is 2.28 bits per heavy atom. The maximum atomic E-state index is 13.4. The van der Waals surface area contributed by atoms with Crippen LogP contribution in [0.4, 0.5) is 17.6 Å². The zero-order valence-corrected chi connectivity index (χ0v) is 13.4. The fourth-order valence-corrected chi connectivity index (χ4v) is 2.52. The van der Waals surface area contributed by atoms with E-state index in [2.05, 4.69) is 0 Å². The average molecular weight is 357 g/mol. The van der Waals surface area contributed by atoms with E-state index in [4.69, 9.17) is 10.5 Å². The zero-order valence-electron chi connectivity index (χ0n) is 13.4. The first kappa shape index (κ1) is 19.4. The molecule has 0 saturated carbocycles. The highest BCUT2D eigenvalue weighted by Gasteiger charge is 2.32. The molecule has 7 heteroatoms. The number of halogens is 4. The molecule has 2 rings (SSSR count). The molecule has 1 atom stereocenters. The van der Waals surface area contributed by atoms with Gasteiger partial charge in [0.2, 0.25) is 0 Å². The Kier molecular flexibility index (Phi) is 6.16. The highest BCUT2D eigenvalue weighted by Crippen LogP contribution is 2.31. The van der Waals surface area contributed by atoms with Gasteiger partial charge in [-0.05, 0) is 42.3 Å². The largest absolute Gasteiger partial charge is 0.416 e. The Bertz CT molecular complexity index is 691. The van der Waals surface area contributed by atoms with E-state index in [0.29, 0.717) is 11.6 Å². The van der Waals surface area contributed by atoms with Gasteiger partial charge in [0.25, 0.3) is 0 Å². The van der Waals surface area contributed by atoms with Crippen molar-refractivity contribution in [3.8, 4) is 0 Å². The van der Waals surface area contributed by atoms with Crippen LogP contribution in [0.25, 0.3) is 0 Å². The number of benzene rings is 2. The first-order valence-electron chi connectivity index (χ1n) is 7.67. The van der Waals surface area contributed by atoms with E-state index in [1.807, 2.05) is 0 Å². The second kappa shape index (κ2) is 7.95. The van der Waals surface area contributed by atoms with Crippen LogP contribution in [0.3, 0.4) is 0 Å². The fourth-order valence-electron chi connectivity index (χ4n) is 2.52. The highest BCUT2D eigenvalue weighted by atomic mass is 19.4. The predicted octanol–water partition coefficient (Wildman–Crippen LogP) is 3.60. The van der Waals surface area contributed by atoms with Gasteiger partial charge >= 0.3 is 6.18 Å². The Labute approximate surface area is 143 Å². The number of nitrogens with two attached hydrogens (primary N) is 1. The van der Waals surface area contributed by atoms with Crippen LogP contribution in [-0.2, 0) is 23.1 Å². The van der Waals surface area contributed by atoms with Gasteiger partial charge in [-0.1, -0.05) is 30.3 Å². The molecule has 0 fully saturated rings. The molecule has 0 aliphatic rings. The average Bonchev–Trinajstić information content (AvgIpc) is 2.54. The summed E-state index contributed by atoms with van der Waals surface area (Å²) >= 11 is 0. The van der Waals surface area contributed by atoms with Crippen LogP contribution in [-0.4, -0.2) is 18.3 Å². The van der Waals surface area contributed by atoms with E-state index in [1.54, 1.807) is 30.3 Å². The van der Waals surface area contributed by atoms with Gasteiger partial charge in [-0.2, -0.15) is 13.2 Å². The number of hydrogen-bond acceptors (Lipinski definition) is 3. The molecule has 0 aliphatic carbocycles. The maximum Gasteiger partial charge on any atom is 0.416 e. The van der Waals surface area contributed by atoms with Crippen LogP contribution in [0.1, 0.15) is 23.1 Å². The number of rotatable bonds is 7. The number of aliphatic hydroxyl groups is 1. The third-order valence-electron chi connectivity index (χ3n) is 3.76. The number of alkyl halides is 3. The van der Waals surface area contributed by atoms with Crippen LogP contribution >= 0.6 is 0 Å². The number of ether oxygens (including phenoxy) is 1. The predicted molar refractivity (Wildman–Crippen MR) is 85.1 cm³/mol. The molecule has 136 valence electrons. The third kappa shape index (κ3) is 5.26. The lowest BCUT2D eigenvalue weighted by Crippen LogP contribution is -2.34. The Hall–Kier alpha value is -1.96. The van der Waals surface area contributed by atoms with Crippen molar-refractivity contribution in [3.63, 3.8) is 0 Å². The lowest BCUT2D eigenvalue weighted by atomic mass is 9.91. The quantitative estimate of drug-likeness (QED) is 0.745. The van der Waals surface area contributed by atoms with E-state index in [0.717, 1.165) is 12.1 Å². The van der Waals surface area contributed by atoms with Crippen molar-refractivity contribution in [2.24, 2.45) is 5.73 Å². The van der Waals surface area contributed by atoms with Gasteiger partial charge in [-0.25, -0.2) is 4.39 Å². The molecular formula is C18H19F4NO2. The van der Waals surface area contributed by atoms with Gasteiger partial charge in [0.1, 0.15) is 11.4 Å². The van der Waals surface area contributed by atoms with Crippen LogP contribution in [0.15, 0.2) is 48.5 Å². The molecule has 2 aromatic carbocycles. The molecule has 0 heterocycles. The van der Waals surface area contributed by atoms with Crippen LogP contribution in [0.2, 0.25) is 0 Å². The van der Waals surface area contributed by atoms with E-state index in [1.165, 1.54) is 0 Å². The summed E-state index contributed by atoms with van der Waals surface area (Å²) in [5, 5.41) is 10.7. The second-order valence-corrected chi connectivity index (χ2v) is 5.77. The van der Waals surface area contributed by atoms with Crippen LogP contribution in [0, 0.1) is 5.82 Å². The normalized spacial score (nSPS) is 14.3. The molecule has 0 radical (unpaired) electrons. The summed E-state index contributed by atoms with van der Waals surface area (Å²) in [6, 6.07) is 10.9. The maximum absolute atomic E-state index is 13.4. The summed E-state index contributed by atoms with van der Waals surface area (Å²) in [4.78, 5) is 0. The Balaban J connectivity index is 2.09. The van der Waals surface area contributed by atoms with E-state index in [9.17, 15) is 22.7 Å². The molecule has 2 aromatic rings. The molecule has 3 N–H and O–H groups in total. The summed E-state index contributed by atoms with van der Waals surface area (Å²) in [7, 11) is 0. The van der Waals surface area contributed by atoms with Gasteiger partial charge in [0, 0.05) is 0 Å². The minimum atomic E-state index is -4.64. The van der Waals surface area contributed by atoms with Gasteiger partial charge in [-0.3, -0.25) is 0 Å². The van der Waals surface area contributed by atoms with Crippen LogP contribution in [0.5, 0.6) is 0 Å². The fraction of sp³-hybridized carbons (Fsp3) is 0.333. The van der Waals surface area contributed by atoms with Crippen molar-refractivity contribution < 1.29 is 27.4 Å². The van der Waals surface area contributed by atoms with Crippen molar-refractivity contribution in [1.82, 2.24) is 0 Å². The van der Waals surface area contributed by atoms with Crippen molar-refractivity contribution in [2.75, 3.05) is 13.2 Å². The first-order chi connectivity index (χ1) is 11.7. The summed E-state index contributed by atoms with van der Waals surface area (Å²) in [6.45, 7) is -0.237.